The van der Waals surface area contributed by atoms with Crippen LogP contribution in [0.3, 0.4) is 0 Å². The first-order chi connectivity index (χ1) is 7.22. The lowest BCUT2D eigenvalue weighted by molar-refractivity contribution is 0.190. The molecule has 1 saturated heterocycles. The van der Waals surface area contributed by atoms with Gasteiger partial charge in [0.25, 0.3) is 0 Å². The van der Waals surface area contributed by atoms with Crippen molar-refractivity contribution in [2.45, 2.75) is 25.8 Å². The van der Waals surface area contributed by atoms with Gasteiger partial charge in [0.15, 0.2) is 0 Å². The topological polar surface area (TPSA) is 28.2 Å². The van der Waals surface area contributed by atoms with Crippen molar-refractivity contribution < 1.29 is 4.39 Å². The van der Waals surface area contributed by atoms with E-state index in [4.69, 9.17) is 0 Å². The molecule has 1 aliphatic heterocycles. The molecule has 15 heavy (non-hydrogen) atoms. The Hall–Kier alpha value is -1.00. The van der Waals surface area contributed by atoms with Crippen LogP contribution in [0.15, 0.2) is 12.3 Å². The second kappa shape index (κ2) is 4.24. The lowest BCUT2D eigenvalue weighted by Crippen LogP contribution is -2.34. The smallest absolute Gasteiger partial charge is 0.215 e. The first-order valence-electron chi connectivity index (χ1n) is 5.28. The molecule has 2 rings (SSSR count). The Morgan fingerprint density at radius 2 is 2.40 bits per heavy atom. The van der Waals surface area contributed by atoms with Crippen LogP contribution in [0, 0.1) is 12.9 Å². The number of aryl methyl sites for hydroxylation is 1. The summed E-state index contributed by atoms with van der Waals surface area (Å²) >= 11 is 0. The highest BCUT2D eigenvalue weighted by Crippen LogP contribution is 2.30. The highest BCUT2D eigenvalue weighted by molar-refractivity contribution is 5.21. The minimum absolute atomic E-state index is 0.335. The SMILES string of the molecule is CNN1CCC[C@H]1c1cnc(F)c(C)c1. The summed E-state index contributed by atoms with van der Waals surface area (Å²) in [7, 11) is 1.92. The first-order valence-corrected chi connectivity index (χ1v) is 5.28. The molecule has 1 aromatic heterocycles. The predicted molar refractivity (Wildman–Crippen MR) is 56.7 cm³/mol. The Labute approximate surface area is 89.3 Å². The normalized spacial score (nSPS) is 22.2. The monoisotopic (exact) mass is 209 g/mol. The summed E-state index contributed by atoms with van der Waals surface area (Å²) in [5.74, 6) is -0.368. The zero-order valence-electron chi connectivity index (χ0n) is 9.13. The van der Waals surface area contributed by atoms with E-state index < -0.39 is 0 Å². The van der Waals surface area contributed by atoms with Gasteiger partial charge in [0.2, 0.25) is 5.95 Å². The standard InChI is InChI=1S/C11H16FN3/c1-8-6-9(7-14-11(8)12)10-4-3-5-15(10)13-2/h6-7,10,13H,3-5H2,1-2H3/t10-/m0/s1. The summed E-state index contributed by atoms with van der Waals surface area (Å²) in [5.41, 5.74) is 4.88. The van der Waals surface area contributed by atoms with E-state index in [1.807, 2.05) is 13.1 Å². The molecule has 2 heterocycles. The lowest BCUT2D eigenvalue weighted by Gasteiger charge is -2.23. The van der Waals surface area contributed by atoms with E-state index in [0.717, 1.165) is 18.5 Å². The fourth-order valence-electron chi connectivity index (χ4n) is 2.14. The average molecular weight is 209 g/mol. The van der Waals surface area contributed by atoms with Crippen LogP contribution in [0.4, 0.5) is 4.39 Å². The van der Waals surface area contributed by atoms with Gasteiger partial charge in [0, 0.05) is 18.3 Å². The van der Waals surface area contributed by atoms with Gasteiger partial charge < -0.3 is 0 Å². The molecule has 1 aromatic rings. The zero-order valence-corrected chi connectivity index (χ0v) is 9.13. The number of hydrazine groups is 1. The molecule has 1 aliphatic rings. The molecule has 3 nitrogen and oxygen atoms in total. The summed E-state index contributed by atoms with van der Waals surface area (Å²) in [6.07, 6.45) is 3.91. The van der Waals surface area contributed by atoms with Gasteiger partial charge in [-0.25, -0.2) is 9.99 Å². The second-order valence-corrected chi connectivity index (χ2v) is 3.95. The van der Waals surface area contributed by atoms with Crippen molar-refractivity contribution in [3.63, 3.8) is 0 Å². The maximum Gasteiger partial charge on any atom is 0.215 e. The molecule has 0 bridgehead atoms. The van der Waals surface area contributed by atoms with Crippen LogP contribution in [-0.2, 0) is 0 Å². The van der Waals surface area contributed by atoms with Gasteiger partial charge in [-0.3, -0.25) is 5.43 Å². The van der Waals surface area contributed by atoms with E-state index in [1.54, 1.807) is 13.1 Å². The molecular weight excluding hydrogens is 193 g/mol. The molecule has 4 heteroatoms. The second-order valence-electron chi connectivity index (χ2n) is 3.95. The number of nitrogens with one attached hydrogen (secondary N) is 1. The Morgan fingerprint density at radius 1 is 1.60 bits per heavy atom. The predicted octanol–water partition coefficient (Wildman–Crippen LogP) is 1.80. The summed E-state index contributed by atoms with van der Waals surface area (Å²) in [5, 5.41) is 2.17. The van der Waals surface area contributed by atoms with E-state index in [2.05, 4.69) is 15.4 Å². The van der Waals surface area contributed by atoms with Crippen molar-refractivity contribution in [1.29, 1.82) is 0 Å². The minimum atomic E-state index is -0.368. The van der Waals surface area contributed by atoms with Crippen molar-refractivity contribution in [3.05, 3.63) is 29.3 Å². The van der Waals surface area contributed by atoms with Crippen molar-refractivity contribution in [2.24, 2.45) is 0 Å². The van der Waals surface area contributed by atoms with Crippen LogP contribution in [0.25, 0.3) is 0 Å². The fourth-order valence-corrected chi connectivity index (χ4v) is 2.14. The van der Waals surface area contributed by atoms with Gasteiger partial charge in [0.1, 0.15) is 0 Å². The Bertz CT molecular complexity index is 354. The van der Waals surface area contributed by atoms with Gasteiger partial charge in [-0.05, 0) is 38.4 Å². The number of hydrogen-bond acceptors (Lipinski definition) is 3. The summed E-state index contributed by atoms with van der Waals surface area (Å²) in [6, 6.07) is 2.23. The van der Waals surface area contributed by atoms with Crippen LogP contribution in [0.5, 0.6) is 0 Å². The molecule has 0 spiro atoms. The third kappa shape index (κ3) is 2.01. The van der Waals surface area contributed by atoms with Crippen LogP contribution in [0.2, 0.25) is 0 Å². The molecule has 1 atom stereocenters. The third-order valence-electron chi connectivity index (χ3n) is 2.96. The summed E-state index contributed by atoms with van der Waals surface area (Å²) in [6.45, 7) is 2.79. The summed E-state index contributed by atoms with van der Waals surface area (Å²) in [4.78, 5) is 3.77. The number of halogens is 1. The zero-order chi connectivity index (χ0) is 10.8. The van der Waals surface area contributed by atoms with E-state index in [9.17, 15) is 4.39 Å². The van der Waals surface area contributed by atoms with Crippen molar-refractivity contribution in [2.75, 3.05) is 13.6 Å². The maximum absolute atomic E-state index is 13.0. The molecule has 0 radical (unpaired) electrons. The largest absolute Gasteiger partial charge is 0.258 e. The molecule has 0 unspecified atom stereocenters. The van der Waals surface area contributed by atoms with Crippen LogP contribution in [0.1, 0.15) is 30.0 Å². The van der Waals surface area contributed by atoms with Gasteiger partial charge in [-0.2, -0.15) is 4.39 Å². The molecule has 1 N–H and O–H groups in total. The Balaban J connectivity index is 2.25. The Kier molecular flexibility index (Phi) is 2.98. The van der Waals surface area contributed by atoms with Crippen LogP contribution >= 0.6 is 0 Å². The van der Waals surface area contributed by atoms with Crippen molar-refractivity contribution >= 4 is 0 Å². The minimum Gasteiger partial charge on any atom is -0.258 e. The van der Waals surface area contributed by atoms with Crippen molar-refractivity contribution in [1.82, 2.24) is 15.4 Å². The number of nitrogens with zero attached hydrogens (tertiary/aromatic N) is 2. The molecule has 1 fully saturated rings. The molecule has 0 saturated carbocycles. The molecular formula is C11H16FN3. The Morgan fingerprint density at radius 3 is 3.07 bits per heavy atom. The van der Waals surface area contributed by atoms with Crippen LogP contribution in [-0.4, -0.2) is 23.6 Å². The summed E-state index contributed by atoms with van der Waals surface area (Å²) < 4.78 is 13.0. The highest BCUT2D eigenvalue weighted by Gasteiger charge is 2.25. The van der Waals surface area contributed by atoms with Gasteiger partial charge in [-0.1, -0.05) is 0 Å². The average Bonchev–Trinajstić information content (AvgIpc) is 2.70. The molecule has 0 aromatic carbocycles. The van der Waals surface area contributed by atoms with Gasteiger partial charge in [-0.15, -0.1) is 0 Å². The number of aromatic nitrogens is 1. The third-order valence-corrected chi connectivity index (χ3v) is 2.96. The van der Waals surface area contributed by atoms with Gasteiger partial charge >= 0.3 is 0 Å². The van der Waals surface area contributed by atoms with Gasteiger partial charge in [0.05, 0.1) is 6.04 Å². The van der Waals surface area contributed by atoms with E-state index in [-0.39, 0.29) is 5.95 Å². The van der Waals surface area contributed by atoms with Crippen LogP contribution < -0.4 is 5.43 Å². The number of hydrogen-bond donors (Lipinski definition) is 1. The van der Waals surface area contributed by atoms with Crippen molar-refractivity contribution in [3.8, 4) is 0 Å². The maximum atomic E-state index is 13.0. The quantitative estimate of drug-likeness (QED) is 0.753. The van der Waals surface area contributed by atoms with E-state index in [0.29, 0.717) is 11.6 Å². The number of pyridine rings is 1. The fraction of sp³-hybridized carbons (Fsp3) is 0.545. The number of rotatable bonds is 2. The molecule has 0 aliphatic carbocycles. The first kappa shape index (κ1) is 10.5. The van der Waals surface area contributed by atoms with E-state index >= 15 is 0 Å². The molecule has 82 valence electrons. The highest BCUT2D eigenvalue weighted by atomic mass is 19.1. The lowest BCUT2D eigenvalue weighted by atomic mass is 10.1. The van der Waals surface area contributed by atoms with E-state index in [1.165, 1.54) is 6.42 Å². The molecule has 0 amide bonds.